The molecular weight excluding hydrogens is 290 g/mol. The van der Waals surface area contributed by atoms with Gasteiger partial charge in [0.05, 0.1) is 23.9 Å². The van der Waals surface area contributed by atoms with E-state index in [9.17, 15) is 4.79 Å². The van der Waals surface area contributed by atoms with Crippen LogP contribution in [0.3, 0.4) is 0 Å². The molecule has 1 aromatic heterocycles. The fourth-order valence-electron chi connectivity index (χ4n) is 1.97. The van der Waals surface area contributed by atoms with Crippen LogP contribution in [-0.4, -0.2) is 59.0 Å². The highest BCUT2D eigenvalue weighted by Gasteiger charge is 2.13. The number of methoxy groups -OCH3 is 1. The molecule has 0 saturated carbocycles. The first-order valence-electron chi connectivity index (χ1n) is 6.55. The van der Waals surface area contributed by atoms with E-state index in [2.05, 4.69) is 14.5 Å². The summed E-state index contributed by atoms with van der Waals surface area (Å²) in [6.07, 6.45) is 0. The summed E-state index contributed by atoms with van der Waals surface area (Å²) in [6, 6.07) is 5.72. The molecule has 1 aromatic carbocycles. The second-order valence-electron chi connectivity index (χ2n) is 4.89. The normalized spacial score (nSPS) is 11.2. The zero-order valence-electron chi connectivity index (χ0n) is 12.4. The molecule has 0 atom stereocenters. The number of carboxylic acid groups (broad SMARTS) is 1. The number of carbonyl (C=O) groups is 1. The van der Waals surface area contributed by atoms with Crippen molar-refractivity contribution >= 4 is 28.8 Å². The first-order chi connectivity index (χ1) is 10.0. The molecule has 0 unspecified atom stereocenters. The lowest BCUT2D eigenvalue weighted by atomic mass is 10.3. The SMILES string of the molecule is COc1ccc2c(c1)nc(SCC(=O)O)n2CCN(C)C. The average Bonchev–Trinajstić information content (AvgIpc) is 2.79. The van der Waals surface area contributed by atoms with Gasteiger partial charge < -0.3 is 19.3 Å². The van der Waals surface area contributed by atoms with E-state index in [0.29, 0.717) is 0 Å². The molecule has 0 fully saturated rings. The number of hydrogen-bond donors (Lipinski definition) is 1. The van der Waals surface area contributed by atoms with E-state index in [0.717, 1.165) is 35.0 Å². The predicted octanol–water partition coefficient (Wildman–Crippen LogP) is 1.78. The Labute approximate surface area is 127 Å². The molecule has 21 heavy (non-hydrogen) atoms. The third kappa shape index (κ3) is 3.89. The Morgan fingerprint density at radius 2 is 2.24 bits per heavy atom. The molecule has 0 bridgehead atoms. The van der Waals surface area contributed by atoms with Crippen LogP contribution in [0.5, 0.6) is 5.75 Å². The maximum Gasteiger partial charge on any atom is 0.313 e. The molecule has 7 heteroatoms. The van der Waals surface area contributed by atoms with Crippen molar-refractivity contribution in [3.8, 4) is 5.75 Å². The van der Waals surface area contributed by atoms with E-state index < -0.39 is 5.97 Å². The Bertz CT molecular complexity index is 640. The average molecular weight is 309 g/mol. The zero-order valence-corrected chi connectivity index (χ0v) is 13.2. The van der Waals surface area contributed by atoms with Crippen LogP contribution in [0, 0.1) is 0 Å². The number of rotatable bonds is 7. The lowest BCUT2D eigenvalue weighted by Gasteiger charge is -2.12. The van der Waals surface area contributed by atoms with Crippen molar-refractivity contribution in [2.24, 2.45) is 0 Å². The molecule has 0 aliphatic carbocycles. The van der Waals surface area contributed by atoms with Crippen molar-refractivity contribution in [1.82, 2.24) is 14.5 Å². The minimum Gasteiger partial charge on any atom is -0.497 e. The second kappa shape index (κ2) is 6.82. The number of likely N-dealkylation sites (N-methyl/N-ethyl adjacent to an activating group) is 1. The number of ether oxygens (including phenoxy) is 1. The van der Waals surface area contributed by atoms with Gasteiger partial charge >= 0.3 is 5.97 Å². The number of fused-ring (bicyclic) bond motifs is 1. The molecule has 1 heterocycles. The van der Waals surface area contributed by atoms with E-state index in [-0.39, 0.29) is 5.75 Å². The van der Waals surface area contributed by atoms with Crippen LogP contribution < -0.4 is 4.74 Å². The summed E-state index contributed by atoms with van der Waals surface area (Å²) in [7, 11) is 5.63. The highest BCUT2D eigenvalue weighted by Crippen LogP contribution is 2.26. The Kier molecular flexibility index (Phi) is 5.08. The van der Waals surface area contributed by atoms with Gasteiger partial charge in [-0.3, -0.25) is 4.79 Å². The minimum absolute atomic E-state index is 0.00240. The van der Waals surface area contributed by atoms with Gasteiger partial charge in [0, 0.05) is 19.2 Å². The molecule has 114 valence electrons. The van der Waals surface area contributed by atoms with Gasteiger partial charge in [-0.25, -0.2) is 4.98 Å². The van der Waals surface area contributed by atoms with Crippen LogP contribution in [0.25, 0.3) is 11.0 Å². The van der Waals surface area contributed by atoms with Crippen LogP contribution in [0.4, 0.5) is 0 Å². The molecule has 0 amide bonds. The maximum absolute atomic E-state index is 10.8. The quantitative estimate of drug-likeness (QED) is 0.786. The molecule has 1 N–H and O–H groups in total. The third-order valence-corrected chi connectivity index (χ3v) is 3.98. The van der Waals surface area contributed by atoms with Crippen LogP contribution in [0.1, 0.15) is 0 Å². The maximum atomic E-state index is 10.8. The van der Waals surface area contributed by atoms with Gasteiger partial charge in [-0.1, -0.05) is 11.8 Å². The number of thioether (sulfide) groups is 1. The monoisotopic (exact) mass is 309 g/mol. The van der Waals surface area contributed by atoms with Crippen molar-refractivity contribution in [2.75, 3.05) is 33.5 Å². The molecule has 0 radical (unpaired) electrons. The number of benzene rings is 1. The van der Waals surface area contributed by atoms with E-state index in [1.807, 2.05) is 32.3 Å². The number of imidazole rings is 1. The summed E-state index contributed by atoms with van der Waals surface area (Å²) in [6.45, 7) is 1.62. The first kappa shape index (κ1) is 15.7. The topological polar surface area (TPSA) is 67.6 Å². The summed E-state index contributed by atoms with van der Waals surface area (Å²) in [5, 5.41) is 9.58. The van der Waals surface area contributed by atoms with Gasteiger partial charge in [0.25, 0.3) is 0 Å². The van der Waals surface area contributed by atoms with Gasteiger partial charge in [0.15, 0.2) is 5.16 Å². The van der Waals surface area contributed by atoms with E-state index in [1.165, 1.54) is 11.8 Å². The molecule has 0 aliphatic heterocycles. The zero-order chi connectivity index (χ0) is 15.4. The van der Waals surface area contributed by atoms with Crippen molar-refractivity contribution in [3.63, 3.8) is 0 Å². The highest BCUT2D eigenvalue weighted by molar-refractivity contribution is 7.99. The van der Waals surface area contributed by atoms with Gasteiger partial charge in [0.2, 0.25) is 0 Å². The van der Waals surface area contributed by atoms with Crippen LogP contribution >= 0.6 is 11.8 Å². The van der Waals surface area contributed by atoms with Crippen LogP contribution in [-0.2, 0) is 11.3 Å². The summed E-state index contributed by atoms with van der Waals surface area (Å²) in [5.41, 5.74) is 1.81. The third-order valence-electron chi connectivity index (χ3n) is 3.02. The number of hydrogen-bond acceptors (Lipinski definition) is 5. The van der Waals surface area contributed by atoms with E-state index >= 15 is 0 Å². The van der Waals surface area contributed by atoms with Gasteiger partial charge in [-0.2, -0.15) is 0 Å². The van der Waals surface area contributed by atoms with Gasteiger partial charge in [-0.05, 0) is 26.2 Å². The van der Waals surface area contributed by atoms with E-state index in [4.69, 9.17) is 9.84 Å². The molecule has 0 spiro atoms. The van der Waals surface area contributed by atoms with Crippen molar-refractivity contribution in [2.45, 2.75) is 11.7 Å². The molecule has 2 aromatic rings. The first-order valence-corrected chi connectivity index (χ1v) is 7.53. The number of aliphatic carboxylic acids is 1. The summed E-state index contributed by atoms with van der Waals surface area (Å²) < 4.78 is 7.27. The fourth-order valence-corrected chi connectivity index (χ4v) is 2.73. The van der Waals surface area contributed by atoms with Crippen molar-refractivity contribution in [1.29, 1.82) is 0 Å². The van der Waals surface area contributed by atoms with Crippen molar-refractivity contribution < 1.29 is 14.6 Å². The Morgan fingerprint density at radius 3 is 2.86 bits per heavy atom. The number of aromatic nitrogens is 2. The summed E-state index contributed by atoms with van der Waals surface area (Å²) >= 11 is 1.24. The van der Waals surface area contributed by atoms with Gasteiger partial charge in [-0.15, -0.1) is 0 Å². The Morgan fingerprint density at radius 1 is 1.48 bits per heavy atom. The predicted molar refractivity (Wildman–Crippen MR) is 83.2 cm³/mol. The molecule has 6 nitrogen and oxygen atoms in total. The summed E-state index contributed by atoms with van der Waals surface area (Å²) in [4.78, 5) is 17.4. The second-order valence-corrected chi connectivity index (χ2v) is 5.83. The number of nitrogens with zero attached hydrogens (tertiary/aromatic N) is 3. The minimum atomic E-state index is -0.844. The standard InChI is InChI=1S/C14H19N3O3S/c1-16(2)6-7-17-12-5-4-10(20-3)8-11(12)15-14(17)21-9-13(18)19/h4-5,8H,6-7,9H2,1-3H3,(H,18,19). The van der Waals surface area contributed by atoms with Crippen LogP contribution in [0.15, 0.2) is 23.4 Å². The van der Waals surface area contributed by atoms with Gasteiger partial charge in [0.1, 0.15) is 5.75 Å². The lowest BCUT2D eigenvalue weighted by Crippen LogP contribution is -2.19. The molecule has 0 aliphatic rings. The van der Waals surface area contributed by atoms with Crippen LogP contribution in [0.2, 0.25) is 0 Å². The Balaban J connectivity index is 2.37. The molecule has 0 saturated heterocycles. The largest absolute Gasteiger partial charge is 0.497 e. The molecular formula is C14H19N3O3S. The lowest BCUT2D eigenvalue weighted by molar-refractivity contribution is -0.133. The van der Waals surface area contributed by atoms with Crippen molar-refractivity contribution in [3.05, 3.63) is 18.2 Å². The smallest absolute Gasteiger partial charge is 0.313 e. The Hall–Kier alpha value is -1.73. The fraction of sp³-hybridized carbons (Fsp3) is 0.429. The summed E-state index contributed by atoms with van der Waals surface area (Å²) in [5.74, 6) is -0.0964. The number of carboxylic acids is 1. The van der Waals surface area contributed by atoms with E-state index in [1.54, 1.807) is 7.11 Å². The molecule has 2 rings (SSSR count). The highest BCUT2D eigenvalue weighted by atomic mass is 32.2.